The summed E-state index contributed by atoms with van der Waals surface area (Å²) >= 11 is 0. The third-order valence-electron chi connectivity index (χ3n) is 6.92. The minimum atomic E-state index is -0.123. The topological polar surface area (TPSA) is 49.4 Å². The summed E-state index contributed by atoms with van der Waals surface area (Å²) in [5, 5.41) is 3.31. The van der Waals surface area contributed by atoms with Crippen molar-refractivity contribution in [2.24, 2.45) is 17.8 Å². The molecule has 0 bridgehead atoms. The molecule has 1 amide bonds. The molecule has 4 heteroatoms. The van der Waals surface area contributed by atoms with Gasteiger partial charge in [-0.05, 0) is 51.1 Å². The Morgan fingerprint density at radius 3 is 2.37 bits per heavy atom. The van der Waals surface area contributed by atoms with Crippen molar-refractivity contribution in [3.05, 3.63) is 35.9 Å². The summed E-state index contributed by atoms with van der Waals surface area (Å²) in [5.74, 6) is 1.70. The van der Waals surface area contributed by atoms with Crippen LogP contribution < -0.4 is 5.32 Å². The van der Waals surface area contributed by atoms with Gasteiger partial charge in [-0.3, -0.25) is 14.5 Å². The molecule has 1 aromatic rings. The molecule has 2 fully saturated rings. The fraction of sp³-hybridized carbons (Fsp3) is 0.652. The highest BCUT2D eigenvalue weighted by molar-refractivity contribution is 5.97. The van der Waals surface area contributed by atoms with E-state index in [1.165, 1.54) is 12.8 Å². The van der Waals surface area contributed by atoms with Crippen LogP contribution in [0.5, 0.6) is 0 Å². The van der Waals surface area contributed by atoms with Crippen molar-refractivity contribution in [2.45, 2.75) is 65.0 Å². The number of ketones is 1. The minimum Gasteiger partial charge on any atom is -0.352 e. The van der Waals surface area contributed by atoms with Crippen LogP contribution in [-0.2, 0) is 4.79 Å². The van der Waals surface area contributed by atoms with Gasteiger partial charge in [0.05, 0.1) is 6.04 Å². The standard InChI is InChI=1S/C23H34N2O2/c1-16-8-7-11-21(17(16)2)24-23(27)18(3)25-14-12-20(13-15-25)22(26)19-9-5-4-6-10-19/h4-6,9-10,16-18,20-21H,7-8,11-15H2,1-3H3,(H,24,27)/t16-,17-,18+,21+/m1/s1. The second-order valence-electron chi connectivity index (χ2n) is 8.60. The third-order valence-corrected chi connectivity index (χ3v) is 6.92. The Balaban J connectivity index is 1.50. The summed E-state index contributed by atoms with van der Waals surface area (Å²) in [6.45, 7) is 8.19. The van der Waals surface area contributed by atoms with Crippen LogP contribution in [0.3, 0.4) is 0 Å². The van der Waals surface area contributed by atoms with Crippen molar-refractivity contribution >= 4 is 11.7 Å². The van der Waals surface area contributed by atoms with Crippen molar-refractivity contribution in [2.75, 3.05) is 13.1 Å². The van der Waals surface area contributed by atoms with Crippen molar-refractivity contribution in [3.8, 4) is 0 Å². The van der Waals surface area contributed by atoms with Crippen molar-refractivity contribution < 1.29 is 9.59 Å². The van der Waals surface area contributed by atoms with Crippen molar-refractivity contribution in [1.29, 1.82) is 0 Å². The van der Waals surface area contributed by atoms with E-state index >= 15 is 0 Å². The third kappa shape index (κ3) is 4.78. The lowest BCUT2D eigenvalue weighted by Gasteiger charge is -2.38. The smallest absolute Gasteiger partial charge is 0.237 e. The predicted molar refractivity (Wildman–Crippen MR) is 109 cm³/mol. The lowest BCUT2D eigenvalue weighted by molar-refractivity contribution is -0.127. The van der Waals surface area contributed by atoms with Crippen LogP contribution in [0.2, 0.25) is 0 Å². The summed E-state index contributed by atoms with van der Waals surface area (Å²) in [6.07, 6.45) is 5.24. The number of nitrogens with one attached hydrogen (secondary N) is 1. The maximum atomic E-state index is 12.8. The van der Waals surface area contributed by atoms with Gasteiger partial charge in [0.25, 0.3) is 0 Å². The van der Waals surface area contributed by atoms with Gasteiger partial charge in [-0.25, -0.2) is 0 Å². The molecule has 1 heterocycles. The van der Waals surface area contributed by atoms with E-state index < -0.39 is 0 Å². The Hall–Kier alpha value is -1.68. The Bertz CT molecular complexity index is 637. The van der Waals surface area contributed by atoms with E-state index in [4.69, 9.17) is 0 Å². The zero-order valence-corrected chi connectivity index (χ0v) is 17.0. The molecule has 4 atom stereocenters. The fourth-order valence-corrected chi connectivity index (χ4v) is 4.64. The molecule has 1 aliphatic heterocycles. The second kappa shape index (κ2) is 9.01. The molecule has 27 heavy (non-hydrogen) atoms. The maximum Gasteiger partial charge on any atom is 0.237 e. The van der Waals surface area contributed by atoms with Gasteiger partial charge < -0.3 is 5.32 Å². The van der Waals surface area contributed by atoms with E-state index in [9.17, 15) is 9.59 Å². The number of nitrogens with zero attached hydrogens (tertiary/aromatic N) is 1. The van der Waals surface area contributed by atoms with Crippen molar-refractivity contribution in [3.63, 3.8) is 0 Å². The first kappa shape index (κ1) is 20.1. The van der Waals surface area contributed by atoms with Crippen LogP contribution in [0.15, 0.2) is 30.3 Å². The van der Waals surface area contributed by atoms with Crippen LogP contribution in [0.1, 0.15) is 63.2 Å². The van der Waals surface area contributed by atoms with Crippen LogP contribution in [0, 0.1) is 17.8 Å². The average molecular weight is 371 g/mol. The number of benzene rings is 1. The average Bonchev–Trinajstić information content (AvgIpc) is 2.71. The normalized spacial score (nSPS) is 28.5. The number of hydrogen-bond donors (Lipinski definition) is 1. The monoisotopic (exact) mass is 370 g/mol. The van der Waals surface area contributed by atoms with Gasteiger partial charge in [0.2, 0.25) is 5.91 Å². The maximum absolute atomic E-state index is 12.8. The lowest BCUT2D eigenvalue weighted by atomic mass is 9.78. The first-order chi connectivity index (χ1) is 13.0. The van der Waals surface area contributed by atoms with Crippen molar-refractivity contribution in [1.82, 2.24) is 10.2 Å². The van der Waals surface area contributed by atoms with Gasteiger partial charge in [-0.15, -0.1) is 0 Å². The summed E-state index contributed by atoms with van der Waals surface area (Å²) in [6, 6.07) is 9.76. The zero-order valence-electron chi connectivity index (χ0n) is 17.0. The first-order valence-corrected chi connectivity index (χ1v) is 10.6. The molecule has 1 aromatic carbocycles. The zero-order chi connectivity index (χ0) is 19.4. The van der Waals surface area contributed by atoms with E-state index in [1.807, 2.05) is 37.3 Å². The Labute approximate surface area is 163 Å². The van der Waals surface area contributed by atoms with Crippen LogP contribution >= 0.6 is 0 Å². The number of amides is 1. The van der Waals surface area contributed by atoms with Gasteiger partial charge in [0.15, 0.2) is 5.78 Å². The molecule has 0 aromatic heterocycles. The van der Waals surface area contributed by atoms with Gasteiger partial charge in [-0.1, -0.05) is 57.0 Å². The first-order valence-electron chi connectivity index (χ1n) is 10.6. The molecule has 0 radical (unpaired) electrons. The molecule has 0 unspecified atom stereocenters. The number of likely N-dealkylation sites (tertiary alicyclic amines) is 1. The number of hydrogen-bond acceptors (Lipinski definition) is 3. The highest BCUT2D eigenvalue weighted by atomic mass is 16.2. The molecule has 1 aliphatic carbocycles. The number of rotatable bonds is 5. The molecular formula is C23H34N2O2. The number of carbonyl (C=O) groups excluding carboxylic acids is 2. The molecule has 1 N–H and O–H groups in total. The molecular weight excluding hydrogens is 336 g/mol. The van der Waals surface area contributed by atoms with E-state index in [1.54, 1.807) is 0 Å². The van der Waals surface area contributed by atoms with Gasteiger partial charge in [0.1, 0.15) is 0 Å². The van der Waals surface area contributed by atoms with E-state index in [0.29, 0.717) is 17.9 Å². The quantitative estimate of drug-likeness (QED) is 0.800. The molecule has 0 spiro atoms. The van der Waals surface area contributed by atoms with Gasteiger partial charge in [0, 0.05) is 17.5 Å². The molecule has 3 rings (SSSR count). The number of carbonyl (C=O) groups is 2. The van der Waals surface area contributed by atoms with E-state index in [2.05, 4.69) is 24.1 Å². The van der Waals surface area contributed by atoms with Gasteiger partial charge >= 0.3 is 0 Å². The molecule has 1 saturated heterocycles. The SMILES string of the molecule is C[C@@H]1[C@H](C)CCC[C@@H]1NC(=O)[C@H](C)N1CCC(C(=O)c2ccccc2)CC1. The second-order valence-corrected chi connectivity index (χ2v) is 8.60. The summed E-state index contributed by atoms with van der Waals surface area (Å²) < 4.78 is 0. The number of piperidine rings is 1. The molecule has 148 valence electrons. The highest BCUT2D eigenvalue weighted by Gasteiger charge is 2.33. The Morgan fingerprint density at radius 1 is 1.04 bits per heavy atom. The Kier molecular flexibility index (Phi) is 6.69. The molecule has 1 saturated carbocycles. The summed E-state index contributed by atoms with van der Waals surface area (Å²) in [5.41, 5.74) is 0.808. The van der Waals surface area contributed by atoms with E-state index in [0.717, 1.165) is 37.9 Å². The van der Waals surface area contributed by atoms with E-state index in [-0.39, 0.29) is 23.7 Å². The Morgan fingerprint density at radius 2 is 1.70 bits per heavy atom. The van der Waals surface area contributed by atoms with Gasteiger partial charge in [-0.2, -0.15) is 0 Å². The largest absolute Gasteiger partial charge is 0.352 e. The number of Topliss-reactive ketones (excluding diaryl/α,β-unsaturated/α-hetero) is 1. The molecule has 4 nitrogen and oxygen atoms in total. The molecule has 2 aliphatic rings. The minimum absolute atomic E-state index is 0.0816. The van der Waals surface area contributed by atoms with Crippen LogP contribution in [0.4, 0.5) is 0 Å². The summed E-state index contributed by atoms with van der Waals surface area (Å²) in [4.78, 5) is 27.7. The fourth-order valence-electron chi connectivity index (χ4n) is 4.64. The highest BCUT2D eigenvalue weighted by Crippen LogP contribution is 2.30. The summed E-state index contributed by atoms with van der Waals surface area (Å²) in [7, 11) is 0. The predicted octanol–water partition coefficient (Wildman–Crippen LogP) is 3.91. The lowest BCUT2D eigenvalue weighted by Crippen LogP contribution is -2.53. The van der Waals surface area contributed by atoms with Crippen LogP contribution in [0.25, 0.3) is 0 Å². The van der Waals surface area contributed by atoms with Crippen LogP contribution in [-0.4, -0.2) is 41.8 Å².